The maximum absolute atomic E-state index is 11.3. The van der Waals surface area contributed by atoms with Crippen molar-refractivity contribution in [1.82, 2.24) is 0 Å². The van der Waals surface area contributed by atoms with Gasteiger partial charge in [-0.2, -0.15) is 0 Å². The van der Waals surface area contributed by atoms with Gasteiger partial charge in [-0.15, -0.1) is 0 Å². The van der Waals surface area contributed by atoms with Gasteiger partial charge in [0.05, 0.1) is 23.5 Å². The van der Waals surface area contributed by atoms with Crippen LogP contribution in [0.4, 0.5) is 0 Å². The zero-order valence-electron chi connectivity index (χ0n) is 9.11. The number of rotatable bonds is 6. The average Bonchev–Trinajstić information content (AvgIpc) is 2.19. The summed E-state index contributed by atoms with van der Waals surface area (Å²) in [6.45, 7) is 3.34. The highest BCUT2D eigenvalue weighted by molar-refractivity contribution is 6.63. The Labute approximate surface area is 92.0 Å². The normalized spacial score (nSPS) is 8.88. The molecule has 0 aliphatic heterocycles. The first-order valence-corrected chi connectivity index (χ1v) is 4.67. The molecule has 7 heteroatoms. The van der Waals surface area contributed by atoms with Crippen LogP contribution in [0.5, 0.6) is 0 Å². The largest absolute Gasteiger partial charge is 0.491 e. The van der Waals surface area contributed by atoms with Gasteiger partial charge in [0.1, 0.15) is 6.42 Å². The van der Waals surface area contributed by atoms with Crippen molar-refractivity contribution in [2.75, 3.05) is 13.2 Å². The predicted octanol–water partition coefficient (Wildman–Crippen LogP) is -0.248. The number of carbonyl (C=O) groups is 3. The van der Waals surface area contributed by atoms with Crippen LogP contribution in [-0.2, 0) is 23.9 Å². The van der Waals surface area contributed by atoms with E-state index in [0.29, 0.717) is 0 Å². The van der Waals surface area contributed by atoms with Gasteiger partial charge in [0.25, 0.3) is 5.78 Å². The Morgan fingerprint density at radius 3 is 2.12 bits per heavy atom. The number of hydrogen-bond acceptors (Lipinski definition) is 6. The Balaban J connectivity index is 4.51. The summed E-state index contributed by atoms with van der Waals surface area (Å²) in [6, 6.07) is 0. The van der Waals surface area contributed by atoms with Crippen LogP contribution in [0.25, 0.3) is 0 Å². The van der Waals surface area contributed by atoms with Crippen molar-refractivity contribution in [2.24, 2.45) is 0 Å². The summed E-state index contributed by atoms with van der Waals surface area (Å²) in [5.74, 6) is -2.66. The maximum atomic E-state index is 11.3. The van der Waals surface area contributed by atoms with E-state index in [2.05, 4.69) is 14.3 Å². The van der Waals surface area contributed by atoms with Crippen LogP contribution >= 0.6 is 0 Å². The van der Waals surface area contributed by atoms with Gasteiger partial charge in [-0.25, -0.2) is 4.79 Å². The number of esters is 2. The molecule has 0 rings (SSSR count). The molecule has 0 saturated heterocycles. The van der Waals surface area contributed by atoms with Gasteiger partial charge in [-0.05, 0) is 13.8 Å². The molecule has 0 atom stereocenters. The molecule has 0 fully saturated rings. The number of hydrogen-bond donors (Lipinski definition) is 1. The average molecular weight is 229 g/mol. The van der Waals surface area contributed by atoms with Crippen molar-refractivity contribution in [3.63, 3.8) is 0 Å². The van der Waals surface area contributed by atoms with Gasteiger partial charge in [0, 0.05) is 0 Å². The molecule has 0 aromatic rings. The van der Waals surface area contributed by atoms with Crippen molar-refractivity contribution >= 4 is 23.4 Å². The van der Waals surface area contributed by atoms with Gasteiger partial charge >= 0.3 is 17.7 Å². The molecule has 0 amide bonds. The molecule has 88 valence electrons. The molecule has 0 spiro atoms. The number of Topliss-reactive ketones (excluding diaryl/α,β-unsaturated/α-hetero) is 1. The number of carbonyl (C=O) groups excluding carboxylic acids is 3. The summed E-state index contributed by atoms with van der Waals surface area (Å²) in [6.07, 6.45) is -0.621. The number of ether oxygens (including phenoxy) is 2. The number of ketones is 1. The minimum atomic E-state index is -1.01. The van der Waals surface area contributed by atoms with Crippen LogP contribution in [0.15, 0.2) is 0 Å². The van der Waals surface area contributed by atoms with Crippen molar-refractivity contribution < 1.29 is 28.6 Å². The third-order valence-electron chi connectivity index (χ3n) is 1.45. The Bertz CT molecular complexity index is 344. The number of nitrogens with one attached hydrogen (secondary N) is 1. The molecule has 0 unspecified atom stereocenters. The highest BCUT2D eigenvalue weighted by Crippen LogP contribution is 1.93. The smallest absolute Gasteiger partial charge is 0.466 e. The Kier molecular flexibility index (Phi) is 6.39. The Morgan fingerprint density at radius 2 is 1.69 bits per heavy atom. The third-order valence-corrected chi connectivity index (χ3v) is 1.45. The first kappa shape index (κ1) is 14.0. The quantitative estimate of drug-likeness (QED) is 0.222. The van der Waals surface area contributed by atoms with Crippen LogP contribution in [0.3, 0.4) is 0 Å². The van der Waals surface area contributed by atoms with Crippen molar-refractivity contribution in [3.8, 4) is 0 Å². The lowest BCUT2D eigenvalue weighted by Gasteiger charge is -1.98. The standard InChI is InChI=1S/C9H13N2O5/c1-3-15-7(13)5-6(12)8(11-10)9(14)16-4-2/h10H,3-5H2,1-2H3/q+1. The van der Waals surface area contributed by atoms with Gasteiger partial charge in [0.15, 0.2) is 0 Å². The molecule has 0 aliphatic rings. The van der Waals surface area contributed by atoms with E-state index in [1.54, 1.807) is 13.8 Å². The molecule has 7 nitrogen and oxygen atoms in total. The summed E-state index contributed by atoms with van der Waals surface area (Å²) in [7, 11) is 0. The minimum absolute atomic E-state index is 0.0601. The molecule has 0 radical (unpaired) electrons. The van der Waals surface area contributed by atoms with Gasteiger partial charge in [-0.3, -0.25) is 9.59 Å². The van der Waals surface area contributed by atoms with Gasteiger partial charge in [0.2, 0.25) is 0 Å². The summed E-state index contributed by atoms with van der Waals surface area (Å²) >= 11 is 0. The molecule has 16 heavy (non-hydrogen) atoms. The van der Waals surface area contributed by atoms with Crippen molar-refractivity contribution in [1.29, 1.82) is 5.53 Å². The van der Waals surface area contributed by atoms with E-state index >= 15 is 0 Å². The zero-order chi connectivity index (χ0) is 12.6. The summed E-state index contributed by atoms with van der Waals surface area (Å²) in [4.78, 5) is 36.1. The fourth-order valence-electron chi connectivity index (χ4n) is 0.848. The molecule has 1 N–H and O–H groups in total. The highest BCUT2D eigenvalue weighted by Gasteiger charge is 2.35. The fraction of sp³-hybridized carbons (Fsp3) is 0.556. The fourth-order valence-corrected chi connectivity index (χ4v) is 0.848. The maximum Gasteiger partial charge on any atom is 0.491 e. The third kappa shape index (κ3) is 4.47. The lowest BCUT2D eigenvalue weighted by molar-refractivity contribution is -0.157. The first-order valence-electron chi connectivity index (χ1n) is 4.67. The van der Waals surface area contributed by atoms with E-state index in [1.165, 1.54) is 0 Å². The monoisotopic (exact) mass is 229 g/mol. The van der Waals surface area contributed by atoms with Crippen LogP contribution in [0, 0.1) is 5.53 Å². The van der Waals surface area contributed by atoms with E-state index in [0.717, 1.165) is 0 Å². The minimum Gasteiger partial charge on any atom is -0.466 e. The van der Waals surface area contributed by atoms with E-state index in [-0.39, 0.29) is 13.2 Å². The molecule has 0 aromatic carbocycles. The van der Waals surface area contributed by atoms with Crippen LogP contribution in [0.1, 0.15) is 20.3 Å². The summed E-state index contributed by atoms with van der Waals surface area (Å²) in [5, 5.41) is 0. The van der Waals surface area contributed by atoms with Crippen LogP contribution in [0.2, 0.25) is 0 Å². The SMILES string of the molecule is CCOC(=O)CC(=O)C(=[N+]=N)C(=O)OCC. The second-order valence-corrected chi connectivity index (χ2v) is 2.59. The van der Waals surface area contributed by atoms with Gasteiger partial charge in [-0.1, -0.05) is 0 Å². The molecule has 0 saturated carbocycles. The Morgan fingerprint density at radius 1 is 1.12 bits per heavy atom. The van der Waals surface area contributed by atoms with Crippen molar-refractivity contribution in [2.45, 2.75) is 20.3 Å². The van der Waals surface area contributed by atoms with E-state index in [9.17, 15) is 14.4 Å². The molecule has 0 aliphatic carbocycles. The summed E-state index contributed by atoms with van der Waals surface area (Å²) in [5.41, 5.74) is 5.96. The zero-order valence-corrected chi connectivity index (χ0v) is 9.11. The Hall–Kier alpha value is -2.01. The van der Waals surface area contributed by atoms with Crippen molar-refractivity contribution in [3.05, 3.63) is 0 Å². The molecular weight excluding hydrogens is 216 g/mol. The van der Waals surface area contributed by atoms with Gasteiger partial charge < -0.3 is 9.47 Å². The second kappa shape index (κ2) is 7.30. The summed E-state index contributed by atoms with van der Waals surface area (Å²) < 4.78 is 9.01. The topological polar surface area (TPSA) is 108 Å². The first-order chi connectivity index (χ1) is 7.56. The lowest BCUT2D eigenvalue weighted by atomic mass is 10.2. The highest BCUT2D eigenvalue weighted by atomic mass is 16.5. The van der Waals surface area contributed by atoms with E-state index in [4.69, 9.17) is 5.53 Å². The lowest BCUT2D eigenvalue weighted by Crippen LogP contribution is -2.29. The molecule has 0 heterocycles. The molecule has 0 aromatic heterocycles. The van der Waals surface area contributed by atoms with Crippen LogP contribution in [-0.4, -0.2) is 41.4 Å². The predicted molar refractivity (Wildman–Crippen MR) is 50.9 cm³/mol. The van der Waals surface area contributed by atoms with E-state index < -0.39 is 29.9 Å². The van der Waals surface area contributed by atoms with Crippen LogP contribution < -0.4 is 0 Å². The number of nitrogens with zero attached hydrogens (tertiary/aromatic N) is 1. The molecular formula is C9H13N2O5+. The second-order valence-electron chi connectivity index (χ2n) is 2.59. The molecule has 0 bridgehead atoms. The van der Waals surface area contributed by atoms with E-state index in [1.807, 2.05) is 0 Å².